The molecule has 1 saturated heterocycles. The molecule has 4 nitrogen and oxygen atoms in total. The number of nitrogens with one attached hydrogen (secondary N) is 1. The molecule has 0 atom stereocenters. The Labute approximate surface area is 116 Å². The van der Waals surface area contributed by atoms with E-state index in [0.717, 1.165) is 0 Å². The molecular formula is C12H13ClN2O2S. The van der Waals surface area contributed by atoms with Crippen molar-refractivity contribution in [3.8, 4) is 0 Å². The van der Waals surface area contributed by atoms with Crippen LogP contribution in [0.5, 0.6) is 0 Å². The lowest BCUT2D eigenvalue weighted by Crippen LogP contribution is -2.44. The smallest absolute Gasteiger partial charge is 0.283 e. The van der Waals surface area contributed by atoms with Gasteiger partial charge in [-0.15, -0.1) is 0 Å². The van der Waals surface area contributed by atoms with Crippen LogP contribution < -0.4 is 5.32 Å². The van der Waals surface area contributed by atoms with E-state index in [1.807, 2.05) is 4.90 Å². The Morgan fingerprint density at radius 3 is 2.50 bits per heavy atom. The average molecular weight is 285 g/mol. The van der Waals surface area contributed by atoms with Crippen molar-refractivity contribution in [2.75, 3.05) is 31.6 Å². The van der Waals surface area contributed by atoms with Crippen molar-refractivity contribution in [2.45, 2.75) is 0 Å². The van der Waals surface area contributed by atoms with Crippen molar-refractivity contribution in [1.29, 1.82) is 0 Å². The molecule has 0 saturated carbocycles. The molecule has 1 aliphatic rings. The Kier molecular flexibility index (Phi) is 4.52. The molecule has 1 fully saturated rings. The van der Waals surface area contributed by atoms with Crippen molar-refractivity contribution < 1.29 is 9.53 Å². The monoisotopic (exact) mass is 284 g/mol. The van der Waals surface area contributed by atoms with E-state index in [1.54, 1.807) is 24.3 Å². The van der Waals surface area contributed by atoms with Crippen LogP contribution in [0.1, 0.15) is 0 Å². The van der Waals surface area contributed by atoms with E-state index in [-0.39, 0.29) is 5.91 Å². The maximum atomic E-state index is 11.9. The van der Waals surface area contributed by atoms with Crippen LogP contribution in [-0.2, 0) is 9.53 Å². The molecule has 0 aromatic heterocycles. The molecule has 1 aromatic carbocycles. The van der Waals surface area contributed by atoms with E-state index < -0.39 is 0 Å². The van der Waals surface area contributed by atoms with Crippen LogP contribution in [0.2, 0.25) is 5.02 Å². The number of ether oxygens (including phenoxy) is 1. The molecule has 0 aliphatic carbocycles. The van der Waals surface area contributed by atoms with Gasteiger partial charge in [-0.05, 0) is 24.3 Å². The number of morpholine rings is 1. The Morgan fingerprint density at radius 1 is 1.28 bits per heavy atom. The lowest BCUT2D eigenvalue weighted by Gasteiger charge is -2.28. The SMILES string of the molecule is O=C(Nc1ccc(Cl)cc1)C(=S)N1CCOCC1. The molecule has 96 valence electrons. The zero-order valence-electron chi connectivity index (χ0n) is 9.69. The van der Waals surface area contributed by atoms with E-state index in [4.69, 9.17) is 28.6 Å². The molecule has 0 spiro atoms. The van der Waals surface area contributed by atoms with Crippen molar-refractivity contribution in [2.24, 2.45) is 0 Å². The van der Waals surface area contributed by atoms with Gasteiger partial charge in [-0.3, -0.25) is 4.79 Å². The van der Waals surface area contributed by atoms with Crippen LogP contribution >= 0.6 is 23.8 Å². The van der Waals surface area contributed by atoms with Gasteiger partial charge < -0.3 is 15.0 Å². The highest BCUT2D eigenvalue weighted by Gasteiger charge is 2.19. The maximum absolute atomic E-state index is 11.9. The minimum atomic E-state index is -0.269. The summed E-state index contributed by atoms with van der Waals surface area (Å²) in [6.45, 7) is 2.53. The Bertz CT molecular complexity index is 444. The van der Waals surface area contributed by atoms with Crippen LogP contribution in [0.15, 0.2) is 24.3 Å². The van der Waals surface area contributed by atoms with Gasteiger partial charge in [0, 0.05) is 23.8 Å². The summed E-state index contributed by atoms with van der Waals surface area (Å²) in [5, 5.41) is 3.37. The van der Waals surface area contributed by atoms with E-state index in [2.05, 4.69) is 5.32 Å². The van der Waals surface area contributed by atoms with Gasteiger partial charge in [0.2, 0.25) is 0 Å². The van der Waals surface area contributed by atoms with Crippen molar-refractivity contribution in [3.05, 3.63) is 29.3 Å². The first kappa shape index (κ1) is 13.3. The Balaban J connectivity index is 1.94. The van der Waals surface area contributed by atoms with Crippen LogP contribution in [0.3, 0.4) is 0 Å². The number of benzene rings is 1. The number of anilines is 1. The summed E-state index contributed by atoms with van der Waals surface area (Å²) in [4.78, 5) is 14.1. The highest BCUT2D eigenvalue weighted by atomic mass is 35.5. The highest BCUT2D eigenvalue weighted by molar-refractivity contribution is 7.82. The largest absolute Gasteiger partial charge is 0.378 e. The van der Waals surface area contributed by atoms with Gasteiger partial charge in [0.1, 0.15) is 0 Å². The number of thiocarbonyl (C=S) groups is 1. The Morgan fingerprint density at radius 2 is 1.89 bits per heavy atom. The minimum absolute atomic E-state index is 0.269. The minimum Gasteiger partial charge on any atom is -0.378 e. The first-order valence-corrected chi connectivity index (χ1v) is 6.39. The molecule has 0 radical (unpaired) electrons. The lowest BCUT2D eigenvalue weighted by atomic mass is 10.3. The van der Waals surface area contributed by atoms with E-state index in [0.29, 0.717) is 42.0 Å². The summed E-state index contributed by atoms with van der Waals surface area (Å²) < 4.78 is 5.21. The fourth-order valence-electron chi connectivity index (χ4n) is 1.63. The number of carbonyl (C=O) groups is 1. The molecule has 1 N–H and O–H groups in total. The highest BCUT2D eigenvalue weighted by Crippen LogP contribution is 2.13. The molecule has 18 heavy (non-hydrogen) atoms. The summed E-state index contributed by atoms with van der Waals surface area (Å²) in [5.74, 6) is -0.269. The second-order valence-corrected chi connectivity index (χ2v) is 4.69. The first-order chi connectivity index (χ1) is 8.66. The van der Waals surface area contributed by atoms with Gasteiger partial charge in [0.15, 0.2) is 4.99 Å². The van der Waals surface area contributed by atoms with Gasteiger partial charge in [0.05, 0.1) is 13.2 Å². The summed E-state index contributed by atoms with van der Waals surface area (Å²) in [7, 11) is 0. The predicted molar refractivity (Wildman–Crippen MR) is 75.1 cm³/mol. The number of carbonyl (C=O) groups excluding carboxylic acids is 1. The summed E-state index contributed by atoms with van der Waals surface area (Å²) in [5.41, 5.74) is 0.681. The van der Waals surface area contributed by atoms with E-state index >= 15 is 0 Å². The maximum Gasteiger partial charge on any atom is 0.283 e. The molecule has 0 unspecified atom stereocenters. The van der Waals surface area contributed by atoms with Crippen molar-refractivity contribution in [3.63, 3.8) is 0 Å². The topological polar surface area (TPSA) is 41.6 Å². The summed E-state index contributed by atoms with van der Waals surface area (Å²) in [6.07, 6.45) is 0. The van der Waals surface area contributed by atoms with Gasteiger partial charge in [-0.2, -0.15) is 0 Å². The lowest BCUT2D eigenvalue weighted by molar-refractivity contribution is -0.111. The van der Waals surface area contributed by atoms with Crippen LogP contribution in [-0.4, -0.2) is 42.1 Å². The number of rotatable bonds is 1. The third kappa shape index (κ3) is 3.41. The quantitative estimate of drug-likeness (QED) is 0.800. The standard InChI is InChI=1S/C12H13ClN2O2S/c13-9-1-3-10(4-2-9)14-11(16)12(18)15-5-7-17-8-6-15/h1-4H,5-8H2,(H,14,16). The predicted octanol–water partition coefficient (Wildman–Crippen LogP) is 1.94. The number of nitrogens with zero attached hydrogens (tertiary/aromatic N) is 1. The normalized spacial score (nSPS) is 15.3. The average Bonchev–Trinajstić information content (AvgIpc) is 2.41. The zero-order valence-corrected chi connectivity index (χ0v) is 11.3. The Hall–Kier alpha value is -1.17. The van der Waals surface area contributed by atoms with Crippen molar-refractivity contribution in [1.82, 2.24) is 4.90 Å². The molecule has 2 rings (SSSR count). The number of hydrogen-bond donors (Lipinski definition) is 1. The van der Waals surface area contributed by atoms with Crippen LogP contribution in [0.25, 0.3) is 0 Å². The molecule has 0 bridgehead atoms. The van der Waals surface area contributed by atoms with Crippen LogP contribution in [0, 0.1) is 0 Å². The van der Waals surface area contributed by atoms with Crippen LogP contribution in [0.4, 0.5) is 5.69 Å². The van der Waals surface area contributed by atoms with E-state index in [1.165, 1.54) is 0 Å². The molecule has 1 amide bonds. The molecule has 6 heteroatoms. The second-order valence-electron chi connectivity index (χ2n) is 3.87. The van der Waals surface area contributed by atoms with E-state index in [9.17, 15) is 4.79 Å². The summed E-state index contributed by atoms with van der Waals surface area (Å²) >= 11 is 10.9. The molecule has 1 heterocycles. The fraction of sp³-hybridized carbons (Fsp3) is 0.333. The molecule has 1 aromatic rings. The second kappa shape index (κ2) is 6.13. The van der Waals surface area contributed by atoms with Gasteiger partial charge in [-0.25, -0.2) is 0 Å². The molecular weight excluding hydrogens is 272 g/mol. The third-order valence-corrected chi connectivity index (χ3v) is 3.29. The molecule has 1 aliphatic heterocycles. The number of halogens is 1. The van der Waals surface area contributed by atoms with Gasteiger partial charge in [-0.1, -0.05) is 23.8 Å². The summed E-state index contributed by atoms with van der Waals surface area (Å²) in [6, 6.07) is 6.91. The fourth-order valence-corrected chi connectivity index (χ4v) is 1.99. The van der Waals surface area contributed by atoms with Crippen molar-refractivity contribution >= 4 is 40.4 Å². The third-order valence-electron chi connectivity index (χ3n) is 2.59. The first-order valence-electron chi connectivity index (χ1n) is 5.60. The van der Waals surface area contributed by atoms with Gasteiger partial charge in [0.25, 0.3) is 5.91 Å². The number of hydrogen-bond acceptors (Lipinski definition) is 3. The zero-order chi connectivity index (χ0) is 13.0. The van der Waals surface area contributed by atoms with Gasteiger partial charge >= 0.3 is 0 Å². The number of amides is 1.